The van der Waals surface area contributed by atoms with Crippen LogP contribution < -0.4 is 0 Å². The summed E-state index contributed by atoms with van der Waals surface area (Å²) >= 11 is 0. The van der Waals surface area contributed by atoms with Crippen LogP contribution in [0, 0.1) is 0 Å². The zero-order valence-corrected chi connectivity index (χ0v) is 16.1. The van der Waals surface area contributed by atoms with Crippen LogP contribution >= 0.6 is 0 Å². The number of hydrogen-bond acceptors (Lipinski definition) is 3. The zero-order valence-electron chi connectivity index (χ0n) is 16.1. The summed E-state index contributed by atoms with van der Waals surface area (Å²) in [6.45, 7) is 6.81. The summed E-state index contributed by atoms with van der Waals surface area (Å²) in [5.74, 6) is 0. The van der Waals surface area contributed by atoms with Crippen LogP contribution in [-0.2, 0) is 11.3 Å². The molecule has 2 saturated heterocycles. The van der Waals surface area contributed by atoms with Crippen molar-refractivity contribution in [1.29, 1.82) is 0 Å². The largest absolute Gasteiger partial charge is 0.444 e. The average Bonchev–Trinajstić information content (AvgIpc) is 2.53. The molecule has 0 unspecified atom stereocenters. The Morgan fingerprint density at radius 2 is 1.76 bits per heavy atom. The second kappa shape index (κ2) is 7.36. The van der Waals surface area contributed by atoms with Gasteiger partial charge < -0.3 is 9.64 Å². The second-order valence-electron chi connectivity index (χ2n) is 8.61. The van der Waals surface area contributed by atoms with Gasteiger partial charge in [0, 0.05) is 31.7 Å². The van der Waals surface area contributed by atoms with Crippen LogP contribution in [0.4, 0.5) is 4.79 Å². The SMILES string of the molecule is CN(C(=O)OC(C)(C)C)[C@@H]1C[C@H]2CCC[C@@H](C1)N2Cc1ccccc1. The van der Waals surface area contributed by atoms with E-state index in [0.717, 1.165) is 19.4 Å². The van der Waals surface area contributed by atoms with E-state index in [2.05, 4.69) is 35.2 Å². The van der Waals surface area contributed by atoms with Gasteiger partial charge in [0.15, 0.2) is 0 Å². The highest BCUT2D eigenvalue weighted by Gasteiger charge is 2.40. The monoisotopic (exact) mass is 344 g/mol. The Hall–Kier alpha value is -1.55. The van der Waals surface area contributed by atoms with E-state index in [1.165, 1.54) is 24.8 Å². The number of fused-ring (bicyclic) bond motifs is 2. The van der Waals surface area contributed by atoms with Crippen LogP contribution in [-0.4, -0.2) is 46.7 Å². The van der Waals surface area contributed by atoms with Crippen LogP contribution in [0.2, 0.25) is 0 Å². The summed E-state index contributed by atoms with van der Waals surface area (Å²) in [5, 5.41) is 0. The van der Waals surface area contributed by atoms with Crippen molar-refractivity contribution in [2.45, 2.75) is 83.1 Å². The molecule has 25 heavy (non-hydrogen) atoms. The lowest BCUT2D eigenvalue weighted by Gasteiger charge is -2.50. The van der Waals surface area contributed by atoms with Crippen LogP contribution in [0.5, 0.6) is 0 Å². The van der Waals surface area contributed by atoms with E-state index in [0.29, 0.717) is 12.1 Å². The number of benzene rings is 1. The van der Waals surface area contributed by atoms with Gasteiger partial charge in [0.1, 0.15) is 5.60 Å². The van der Waals surface area contributed by atoms with Crippen LogP contribution in [0.3, 0.4) is 0 Å². The highest BCUT2D eigenvalue weighted by molar-refractivity contribution is 5.68. The molecule has 4 nitrogen and oxygen atoms in total. The molecule has 3 rings (SSSR count). The van der Waals surface area contributed by atoms with Crippen LogP contribution in [0.15, 0.2) is 30.3 Å². The molecule has 0 aromatic heterocycles. The van der Waals surface area contributed by atoms with Crippen molar-refractivity contribution in [3.8, 4) is 0 Å². The third-order valence-electron chi connectivity index (χ3n) is 5.54. The molecule has 138 valence electrons. The van der Waals surface area contributed by atoms with Crippen molar-refractivity contribution in [1.82, 2.24) is 9.80 Å². The Morgan fingerprint density at radius 1 is 1.16 bits per heavy atom. The lowest BCUT2D eigenvalue weighted by atomic mass is 9.81. The van der Waals surface area contributed by atoms with Gasteiger partial charge in [0.05, 0.1) is 0 Å². The molecule has 2 fully saturated rings. The Kier molecular flexibility index (Phi) is 5.38. The first-order chi connectivity index (χ1) is 11.8. The minimum absolute atomic E-state index is 0.188. The van der Waals surface area contributed by atoms with Gasteiger partial charge in [-0.3, -0.25) is 4.90 Å². The number of hydrogen-bond donors (Lipinski definition) is 0. The molecule has 1 aromatic rings. The smallest absolute Gasteiger partial charge is 0.410 e. The highest BCUT2D eigenvalue weighted by Crippen LogP contribution is 2.37. The standard InChI is InChI=1S/C21H32N2O2/c1-21(2,3)25-20(24)22(4)19-13-17-11-8-12-18(14-19)23(17)15-16-9-6-5-7-10-16/h5-7,9-10,17-19H,8,11-15H2,1-4H3/t17-,18+,19-. The number of carbonyl (C=O) groups is 1. The van der Waals surface area contributed by atoms with E-state index in [9.17, 15) is 4.79 Å². The molecule has 0 aliphatic carbocycles. The molecule has 4 heteroatoms. The molecule has 0 spiro atoms. The summed E-state index contributed by atoms with van der Waals surface area (Å²) in [7, 11) is 1.90. The summed E-state index contributed by atoms with van der Waals surface area (Å²) in [6, 6.07) is 12.2. The number of ether oxygens (including phenoxy) is 1. The van der Waals surface area contributed by atoms with Gasteiger partial charge in [-0.15, -0.1) is 0 Å². The first kappa shape index (κ1) is 18.2. The van der Waals surface area contributed by atoms with Gasteiger partial charge in [-0.2, -0.15) is 0 Å². The molecular weight excluding hydrogens is 312 g/mol. The quantitative estimate of drug-likeness (QED) is 0.813. The number of carbonyl (C=O) groups excluding carboxylic acids is 1. The maximum absolute atomic E-state index is 12.4. The Morgan fingerprint density at radius 3 is 2.32 bits per heavy atom. The van der Waals surface area contributed by atoms with Crippen molar-refractivity contribution in [3.63, 3.8) is 0 Å². The maximum Gasteiger partial charge on any atom is 0.410 e. The summed E-state index contributed by atoms with van der Waals surface area (Å²) in [4.78, 5) is 17.0. The predicted octanol–water partition coefficient (Wildman–Crippen LogP) is 4.44. The van der Waals surface area contributed by atoms with Gasteiger partial charge in [-0.05, 0) is 52.0 Å². The lowest BCUT2D eigenvalue weighted by Crippen LogP contribution is -2.57. The van der Waals surface area contributed by atoms with E-state index in [4.69, 9.17) is 4.74 Å². The molecule has 2 heterocycles. The first-order valence-corrected chi connectivity index (χ1v) is 9.59. The molecule has 0 saturated carbocycles. The molecule has 3 atom stereocenters. The number of amides is 1. The number of rotatable bonds is 3. The molecule has 2 aliphatic heterocycles. The predicted molar refractivity (Wildman–Crippen MR) is 100 cm³/mol. The third kappa shape index (κ3) is 4.55. The van der Waals surface area contributed by atoms with Crippen molar-refractivity contribution < 1.29 is 9.53 Å². The molecule has 2 aliphatic rings. The minimum atomic E-state index is -0.435. The van der Waals surface area contributed by atoms with Crippen molar-refractivity contribution >= 4 is 6.09 Å². The Bertz CT molecular complexity index is 567. The molecule has 0 N–H and O–H groups in total. The van der Waals surface area contributed by atoms with Crippen LogP contribution in [0.1, 0.15) is 58.4 Å². The average molecular weight is 344 g/mol. The maximum atomic E-state index is 12.4. The Balaban J connectivity index is 1.65. The fraction of sp³-hybridized carbons (Fsp3) is 0.667. The molecule has 0 radical (unpaired) electrons. The van der Waals surface area contributed by atoms with Crippen molar-refractivity contribution in [2.75, 3.05) is 7.05 Å². The summed E-state index contributed by atoms with van der Waals surface area (Å²) in [6.07, 6.45) is 5.71. The van der Waals surface area contributed by atoms with Gasteiger partial charge in [0.25, 0.3) is 0 Å². The van der Waals surface area contributed by atoms with Gasteiger partial charge in [-0.25, -0.2) is 4.79 Å². The second-order valence-corrected chi connectivity index (χ2v) is 8.61. The summed E-state index contributed by atoms with van der Waals surface area (Å²) in [5.41, 5.74) is 0.952. The number of piperidine rings is 2. The normalized spacial score (nSPS) is 27.0. The fourth-order valence-corrected chi connectivity index (χ4v) is 4.30. The third-order valence-corrected chi connectivity index (χ3v) is 5.54. The van der Waals surface area contributed by atoms with E-state index in [1.54, 1.807) is 0 Å². The van der Waals surface area contributed by atoms with Gasteiger partial charge in [-0.1, -0.05) is 36.8 Å². The molecule has 2 bridgehead atoms. The van der Waals surface area contributed by atoms with E-state index in [1.807, 2.05) is 32.7 Å². The highest BCUT2D eigenvalue weighted by atomic mass is 16.6. The van der Waals surface area contributed by atoms with Gasteiger partial charge >= 0.3 is 6.09 Å². The fourth-order valence-electron chi connectivity index (χ4n) is 4.30. The topological polar surface area (TPSA) is 32.8 Å². The van der Waals surface area contributed by atoms with E-state index >= 15 is 0 Å². The molecule has 1 amide bonds. The van der Waals surface area contributed by atoms with Crippen LogP contribution in [0.25, 0.3) is 0 Å². The first-order valence-electron chi connectivity index (χ1n) is 9.59. The molecule has 1 aromatic carbocycles. The zero-order chi connectivity index (χ0) is 18.0. The molecular formula is C21H32N2O2. The van der Waals surface area contributed by atoms with E-state index < -0.39 is 5.60 Å². The summed E-state index contributed by atoms with van der Waals surface area (Å²) < 4.78 is 5.57. The lowest BCUT2D eigenvalue weighted by molar-refractivity contribution is -0.0221. The van der Waals surface area contributed by atoms with Crippen molar-refractivity contribution in [3.05, 3.63) is 35.9 Å². The van der Waals surface area contributed by atoms with E-state index in [-0.39, 0.29) is 12.1 Å². The number of nitrogens with zero attached hydrogens (tertiary/aromatic N) is 2. The minimum Gasteiger partial charge on any atom is -0.444 e. The van der Waals surface area contributed by atoms with Gasteiger partial charge in [0.2, 0.25) is 0 Å². The Labute approximate surface area is 152 Å². The van der Waals surface area contributed by atoms with Crippen molar-refractivity contribution in [2.24, 2.45) is 0 Å².